The van der Waals surface area contributed by atoms with Gasteiger partial charge in [-0.3, -0.25) is 14.8 Å². The summed E-state index contributed by atoms with van der Waals surface area (Å²) >= 11 is 0. The number of piperazine rings is 1. The number of carbonyl (C=O) groups excluding carboxylic acids is 3. The smallest absolute Gasteiger partial charge is 0.412 e. The van der Waals surface area contributed by atoms with Crippen molar-refractivity contribution in [1.29, 1.82) is 0 Å². The van der Waals surface area contributed by atoms with E-state index < -0.39 is 28.1 Å². The number of ether oxygens (including phenoxy) is 4. The second-order valence-electron chi connectivity index (χ2n) is 11.7. The monoisotopic (exact) mass is 733 g/mol. The van der Waals surface area contributed by atoms with Gasteiger partial charge in [-0.2, -0.15) is 8.42 Å². The number of aromatic nitrogens is 2. The number of anilines is 2. The third-order valence-corrected chi connectivity index (χ3v) is 9.10. The molecule has 0 spiro atoms. The van der Waals surface area contributed by atoms with Crippen LogP contribution in [0.3, 0.4) is 0 Å². The molecule has 52 heavy (non-hydrogen) atoms. The summed E-state index contributed by atoms with van der Waals surface area (Å²) in [6.45, 7) is 3.58. The van der Waals surface area contributed by atoms with Crippen LogP contribution >= 0.6 is 0 Å². The van der Waals surface area contributed by atoms with E-state index in [2.05, 4.69) is 20.0 Å². The molecule has 1 aliphatic rings. The van der Waals surface area contributed by atoms with Gasteiger partial charge in [-0.05, 0) is 53.9 Å². The quantitative estimate of drug-likeness (QED) is 0.188. The maximum atomic E-state index is 13.8. The van der Waals surface area contributed by atoms with Crippen molar-refractivity contribution in [2.45, 2.75) is 24.8 Å². The zero-order chi connectivity index (χ0) is 37.3. The van der Waals surface area contributed by atoms with E-state index in [1.807, 2.05) is 13.8 Å². The predicted octanol–water partition coefficient (Wildman–Crippen LogP) is 3.93. The van der Waals surface area contributed by atoms with E-state index in [1.54, 1.807) is 48.5 Å². The Labute approximate surface area is 300 Å². The number of benzene rings is 2. The number of nitrogens with one attached hydrogen (secondary N) is 2. The number of rotatable bonds is 13. The topological polar surface area (TPSA) is 202 Å². The van der Waals surface area contributed by atoms with Crippen LogP contribution in [0.15, 0.2) is 84.1 Å². The number of sulfonamides is 1. The van der Waals surface area contributed by atoms with Crippen molar-refractivity contribution in [3.05, 3.63) is 90.3 Å². The van der Waals surface area contributed by atoms with Gasteiger partial charge in [-0.15, -0.1) is 0 Å². The van der Waals surface area contributed by atoms with Crippen LogP contribution in [0.25, 0.3) is 0 Å². The third kappa shape index (κ3) is 9.36. The fourth-order valence-electron chi connectivity index (χ4n) is 5.05. The number of nitrogens with zero attached hydrogens (tertiary/aromatic N) is 4. The van der Waals surface area contributed by atoms with Gasteiger partial charge in [0.05, 0.1) is 12.8 Å². The van der Waals surface area contributed by atoms with Gasteiger partial charge in [0.1, 0.15) is 25.1 Å². The Kier molecular flexibility index (Phi) is 12.0. The van der Waals surface area contributed by atoms with Crippen LogP contribution in [0, 0.1) is 0 Å². The first-order valence-corrected chi connectivity index (χ1v) is 17.6. The molecule has 0 aliphatic carbocycles. The van der Waals surface area contributed by atoms with Crippen molar-refractivity contribution in [2.75, 3.05) is 56.5 Å². The van der Waals surface area contributed by atoms with Gasteiger partial charge < -0.3 is 38.6 Å². The van der Waals surface area contributed by atoms with Gasteiger partial charge >= 0.3 is 6.09 Å². The Morgan fingerprint density at radius 3 is 2.23 bits per heavy atom. The fraction of sp³-hybridized carbons (Fsp3) is 0.286. The van der Waals surface area contributed by atoms with E-state index in [1.165, 1.54) is 42.6 Å². The number of carbonyl (C=O) groups is 3. The van der Waals surface area contributed by atoms with Crippen LogP contribution in [0.2, 0.25) is 0 Å². The highest BCUT2D eigenvalue weighted by Gasteiger charge is 2.28. The van der Waals surface area contributed by atoms with Gasteiger partial charge in [0.2, 0.25) is 0 Å². The van der Waals surface area contributed by atoms with Gasteiger partial charge in [-0.1, -0.05) is 38.1 Å². The summed E-state index contributed by atoms with van der Waals surface area (Å²) in [6.07, 6.45) is 0.832. The number of para-hydroxylation sites is 2. The Morgan fingerprint density at radius 1 is 0.885 bits per heavy atom. The lowest BCUT2D eigenvalue weighted by atomic mass is 10.1. The molecule has 17 heteroatoms. The van der Waals surface area contributed by atoms with Crippen molar-refractivity contribution in [1.82, 2.24) is 19.8 Å². The van der Waals surface area contributed by atoms with Crippen LogP contribution in [-0.2, 0) is 14.8 Å². The molecule has 4 aromatic rings. The second kappa shape index (κ2) is 16.7. The average molecular weight is 734 g/mol. The van der Waals surface area contributed by atoms with Crippen molar-refractivity contribution < 1.29 is 46.9 Å². The minimum atomic E-state index is -4.37. The normalized spacial score (nSPS) is 12.9. The average Bonchev–Trinajstić information content (AvgIpc) is 3.14. The molecule has 274 valence electrons. The molecule has 2 aromatic carbocycles. The Hall–Kier alpha value is -6.10. The van der Waals surface area contributed by atoms with E-state index in [-0.39, 0.29) is 84.7 Å². The zero-order valence-electron chi connectivity index (χ0n) is 28.6. The molecule has 1 aliphatic heterocycles. The Morgan fingerprint density at radius 2 is 1.60 bits per heavy atom. The molecule has 2 aromatic heterocycles. The Balaban J connectivity index is 1.50. The van der Waals surface area contributed by atoms with Gasteiger partial charge in [0.15, 0.2) is 28.0 Å². The van der Waals surface area contributed by atoms with Crippen LogP contribution in [0.4, 0.5) is 21.1 Å². The van der Waals surface area contributed by atoms with Crippen LogP contribution < -0.4 is 29.4 Å². The SMILES string of the molecule is COc1ccccc1Oc1c(NS(=O)(=O)c2ccc(C(C)C)cn2)cc(C(=O)N2CCN(C(=O)[O-])CC2)cc1OCCOC(=O)Nc1ccccn1. The summed E-state index contributed by atoms with van der Waals surface area (Å²) in [5.41, 5.74) is 0.653. The molecule has 1 saturated heterocycles. The van der Waals surface area contributed by atoms with E-state index in [9.17, 15) is 27.9 Å². The first-order chi connectivity index (χ1) is 24.9. The first-order valence-electron chi connectivity index (χ1n) is 16.2. The van der Waals surface area contributed by atoms with E-state index in [0.717, 1.165) is 10.5 Å². The number of hydrogen-bond donors (Lipinski definition) is 2. The van der Waals surface area contributed by atoms with Crippen LogP contribution in [0.5, 0.6) is 23.0 Å². The maximum Gasteiger partial charge on any atom is 0.412 e. The fourth-order valence-corrected chi connectivity index (χ4v) is 6.04. The predicted molar refractivity (Wildman–Crippen MR) is 186 cm³/mol. The summed E-state index contributed by atoms with van der Waals surface area (Å²) < 4.78 is 53.0. The minimum absolute atomic E-state index is 0.00101. The summed E-state index contributed by atoms with van der Waals surface area (Å²) in [6, 6.07) is 17.3. The maximum absolute atomic E-state index is 13.8. The molecular formula is C35H37N6O10S-. The minimum Gasteiger partial charge on any atom is -0.530 e. The van der Waals surface area contributed by atoms with Gasteiger partial charge in [0.25, 0.3) is 15.9 Å². The standard InChI is InChI=1S/C35H38N6O10S/c1-23(2)24-11-12-31(37-22-24)52(46,47)39-26-20-25(33(42)40-14-16-41(17-15-40)35(44)45)21-29(32(26)51-28-9-5-4-8-27(28)48-3)49-18-19-50-34(43)38-30-10-6-7-13-36-30/h4-13,20-23,39H,14-19H2,1-3H3,(H,44,45)(H,36,38,43)/p-1. The summed E-state index contributed by atoms with van der Waals surface area (Å²) in [5, 5.41) is 13.5. The lowest BCUT2D eigenvalue weighted by Crippen LogP contribution is -2.53. The second-order valence-corrected chi connectivity index (χ2v) is 13.3. The number of hydrogen-bond acceptors (Lipinski definition) is 12. The lowest BCUT2D eigenvalue weighted by Gasteiger charge is -2.36. The van der Waals surface area contributed by atoms with Crippen molar-refractivity contribution in [3.63, 3.8) is 0 Å². The highest BCUT2D eigenvalue weighted by Crippen LogP contribution is 2.43. The first kappa shape index (κ1) is 37.2. The number of amides is 3. The number of carboxylic acid groups (broad SMARTS) is 1. The number of methoxy groups -OCH3 is 1. The Bertz CT molecular complexity index is 1990. The van der Waals surface area contributed by atoms with E-state index in [0.29, 0.717) is 5.75 Å². The largest absolute Gasteiger partial charge is 0.530 e. The molecule has 0 radical (unpaired) electrons. The molecule has 0 unspecified atom stereocenters. The summed E-state index contributed by atoms with van der Waals surface area (Å²) in [5.74, 6) is 0.143. The van der Waals surface area contributed by atoms with E-state index >= 15 is 0 Å². The molecule has 1 fully saturated rings. The van der Waals surface area contributed by atoms with Gasteiger partial charge in [0, 0.05) is 44.1 Å². The molecule has 3 amide bonds. The molecule has 3 heterocycles. The highest BCUT2D eigenvalue weighted by atomic mass is 32.2. The summed E-state index contributed by atoms with van der Waals surface area (Å²) in [4.78, 5) is 48.2. The van der Waals surface area contributed by atoms with Crippen LogP contribution in [0.1, 0.15) is 35.7 Å². The molecule has 2 N–H and O–H groups in total. The summed E-state index contributed by atoms with van der Waals surface area (Å²) in [7, 11) is -2.93. The van der Waals surface area contributed by atoms with Crippen molar-refractivity contribution in [2.24, 2.45) is 0 Å². The third-order valence-electron chi connectivity index (χ3n) is 7.82. The molecule has 0 atom stereocenters. The van der Waals surface area contributed by atoms with Crippen molar-refractivity contribution >= 4 is 39.6 Å². The van der Waals surface area contributed by atoms with Gasteiger partial charge in [-0.25, -0.2) is 14.8 Å². The molecule has 0 saturated carbocycles. The highest BCUT2D eigenvalue weighted by molar-refractivity contribution is 7.92. The van der Waals surface area contributed by atoms with Crippen molar-refractivity contribution in [3.8, 4) is 23.0 Å². The molecule has 16 nitrogen and oxygen atoms in total. The zero-order valence-corrected chi connectivity index (χ0v) is 29.4. The molecular weight excluding hydrogens is 696 g/mol. The number of pyridine rings is 2. The molecule has 5 rings (SSSR count). The van der Waals surface area contributed by atoms with E-state index in [4.69, 9.17) is 18.9 Å². The van der Waals surface area contributed by atoms with Crippen LogP contribution in [-0.4, -0.2) is 92.8 Å². The lowest BCUT2D eigenvalue weighted by molar-refractivity contribution is -0.266. The molecule has 0 bridgehead atoms.